The van der Waals surface area contributed by atoms with Gasteiger partial charge in [0.15, 0.2) is 0 Å². The number of carboxylic acids is 1. The van der Waals surface area contributed by atoms with E-state index in [4.69, 9.17) is 5.11 Å². The third-order valence-corrected chi connectivity index (χ3v) is 3.99. The molecule has 66 valence electrons. The van der Waals surface area contributed by atoms with E-state index in [2.05, 4.69) is 45.2 Å². The SMILES string of the molecule is CCC(C(=O)O)C(CI)CI. The molecular weight excluding hydrogens is 370 g/mol. The summed E-state index contributed by atoms with van der Waals surface area (Å²) in [5.41, 5.74) is 0. The van der Waals surface area contributed by atoms with E-state index in [1.54, 1.807) is 0 Å². The maximum Gasteiger partial charge on any atom is 0.306 e. The molecule has 1 unspecified atom stereocenters. The highest BCUT2D eigenvalue weighted by Gasteiger charge is 2.24. The van der Waals surface area contributed by atoms with Gasteiger partial charge in [0.2, 0.25) is 0 Å². The molecule has 0 rings (SSSR count). The summed E-state index contributed by atoms with van der Waals surface area (Å²) in [6.07, 6.45) is 0.742. The number of hydrogen-bond acceptors (Lipinski definition) is 1. The van der Waals surface area contributed by atoms with Crippen molar-refractivity contribution in [1.29, 1.82) is 0 Å². The largest absolute Gasteiger partial charge is 0.481 e. The second-order valence-corrected chi connectivity index (χ2v) is 4.18. The average Bonchev–Trinajstić information content (AvgIpc) is 1.99. The monoisotopic (exact) mass is 382 g/mol. The minimum atomic E-state index is -0.647. The van der Waals surface area contributed by atoms with E-state index in [9.17, 15) is 4.79 Å². The van der Waals surface area contributed by atoms with Crippen LogP contribution in [0.5, 0.6) is 0 Å². The Hall–Kier alpha value is 0.930. The van der Waals surface area contributed by atoms with E-state index in [0.717, 1.165) is 15.3 Å². The zero-order valence-corrected chi connectivity index (χ0v) is 10.7. The molecule has 11 heavy (non-hydrogen) atoms. The van der Waals surface area contributed by atoms with Crippen LogP contribution in [-0.2, 0) is 4.79 Å². The van der Waals surface area contributed by atoms with Gasteiger partial charge in [0.25, 0.3) is 0 Å². The van der Waals surface area contributed by atoms with Crippen molar-refractivity contribution in [2.45, 2.75) is 13.3 Å². The van der Waals surface area contributed by atoms with Gasteiger partial charge < -0.3 is 5.11 Å². The van der Waals surface area contributed by atoms with Crippen molar-refractivity contribution in [2.75, 3.05) is 8.86 Å². The lowest BCUT2D eigenvalue weighted by Gasteiger charge is -2.17. The predicted molar refractivity (Wildman–Crippen MR) is 62.7 cm³/mol. The highest BCUT2D eigenvalue weighted by Crippen LogP contribution is 2.20. The van der Waals surface area contributed by atoms with E-state index >= 15 is 0 Å². The van der Waals surface area contributed by atoms with Gasteiger partial charge in [-0.25, -0.2) is 0 Å². The third kappa shape index (κ3) is 3.91. The number of halogens is 2. The first-order valence-electron chi connectivity index (χ1n) is 3.52. The molecule has 0 aliphatic carbocycles. The molecule has 0 heterocycles. The Kier molecular flexibility index (Phi) is 6.99. The lowest BCUT2D eigenvalue weighted by atomic mass is 9.94. The molecule has 0 saturated carbocycles. The van der Waals surface area contributed by atoms with Crippen molar-refractivity contribution in [3.05, 3.63) is 0 Å². The quantitative estimate of drug-likeness (QED) is 0.587. The Morgan fingerprint density at radius 3 is 2.00 bits per heavy atom. The summed E-state index contributed by atoms with van der Waals surface area (Å²) in [5.74, 6) is -0.465. The van der Waals surface area contributed by atoms with E-state index in [0.29, 0.717) is 5.92 Å². The predicted octanol–water partition coefficient (Wildman–Crippen LogP) is 2.58. The molecule has 1 N–H and O–H groups in total. The molecule has 0 aliphatic heterocycles. The fourth-order valence-corrected chi connectivity index (χ4v) is 4.01. The van der Waals surface area contributed by atoms with Gasteiger partial charge in [-0.15, -0.1) is 0 Å². The first-order chi connectivity index (χ1) is 5.17. The van der Waals surface area contributed by atoms with Crippen molar-refractivity contribution in [3.8, 4) is 0 Å². The number of alkyl halides is 2. The molecule has 0 fully saturated rings. The van der Waals surface area contributed by atoms with Gasteiger partial charge in [0.1, 0.15) is 0 Å². The van der Waals surface area contributed by atoms with Gasteiger partial charge >= 0.3 is 5.97 Å². The summed E-state index contributed by atoms with van der Waals surface area (Å²) in [6.45, 7) is 1.93. The Balaban J connectivity index is 4.09. The molecular formula is C7H12I2O2. The van der Waals surface area contributed by atoms with E-state index in [1.807, 2.05) is 6.92 Å². The third-order valence-electron chi connectivity index (χ3n) is 1.72. The normalized spacial score (nSPS) is 13.5. The molecule has 0 bridgehead atoms. The summed E-state index contributed by atoms with van der Waals surface area (Å²) >= 11 is 4.51. The number of carbonyl (C=O) groups is 1. The first kappa shape index (κ1) is 11.9. The molecule has 0 radical (unpaired) electrons. The fourth-order valence-electron chi connectivity index (χ4n) is 0.966. The minimum Gasteiger partial charge on any atom is -0.481 e. The van der Waals surface area contributed by atoms with Crippen LogP contribution in [0.2, 0.25) is 0 Å². The lowest BCUT2D eigenvalue weighted by Crippen LogP contribution is -2.25. The second-order valence-electron chi connectivity index (χ2n) is 2.42. The molecule has 4 heteroatoms. The van der Waals surface area contributed by atoms with Gasteiger partial charge in [-0.1, -0.05) is 52.1 Å². The van der Waals surface area contributed by atoms with Crippen molar-refractivity contribution < 1.29 is 9.90 Å². The summed E-state index contributed by atoms with van der Waals surface area (Å²) in [7, 11) is 0. The number of carboxylic acid groups (broad SMARTS) is 1. The van der Waals surface area contributed by atoms with Crippen LogP contribution < -0.4 is 0 Å². The molecule has 0 aromatic rings. The minimum absolute atomic E-state index is 0.149. The van der Waals surface area contributed by atoms with Crippen LogP contribution in [0.1, 0.15) is 13.3 Å². The van der Waals surface area contributed by atoms with Crippen LogP contribution in [-0.4, -0.2) is 19.9 Å². The van der Waals surface area contributed by atoms with Gasteiger partial charge in [-0.2, -0.15) is 0 Å². The van der Waals surface area contributed by atoms with Gasteiger partial charge in [0.05, 0.1) is 5.92 Å². The summed E-state index contributed by atoms with van der Waals surface area (Å²) in [5, 5.41) is 8.80. The van der Waals surface area contributed by atoms with Gasteiger partial charge in [-0.05, 0) is 12.3 Å². The van der Waals surface area contributed by atoms with E-state index < -0.39 is 5.97 Å². The number of rotatable bonds is 5. The van der Waals surface area contributed by atoms with E-state index in [1.165, 1.54) is 0 Å². The van der Waals surface area contributed by atoms with Crippen LogP contribution in [0.25, 0.3) is 0 Å². The summed E-state index contributed by atoms with van der Waals surface area (Å²) in [4.78, 5) is 10.7. The fraction of sp³-hybridized carbons (Fsp3) is 0.857. The average molecular weight is 382 g/mol. The Labute approximate surface area is 94.4 Å². The standard InChI is InChI=1S/C7H12I2O2/c1-2-6(7(10)11)5(3-8)4-9/h5-6H,2-4H2,1H3,(H,10,11). The molecule has 1 atom stereocenters. The Morgan fingerprint density at radius 2 is 1.91 bits per heavy atom. The maximum absolute atomic E-state index is 10.7. The topological polar surface area (TPSA) is 37.3 Å². The molecule has 0 spiro atoms. The van der Waals surface area contributed by atoms with Crippen LogP contribution in [0, 0.1) is 11.8 Å². The summed E-state index contributed by atoms with van der Waals surface area (Å²) in [6, 6.07) is 0. The highest BCUT2D eigenvalue weighted by atomic mass is 127. The molecule has 0 aliphatic rings. The van der Waals surface area contributed by atoms with Crippen molar-refractivity contribution in [2.24, 2.45) is 11.8 Å². The van der Waals surface area contributed by atoms with Crippen LogP contribution in [0.3, 0.4) is 0 Å². The number of aliphatic carboxylic acids is 1. The Morgan fingerprint density at radius 1 is 1.45 bits per heavy atom. The first-order valence-corrected chi connectivity index (χ1v) is 6.57. The van der Waals surface area contributed by atoms with Crippen LogP contribution in [0.15, 0.2) is 0 Å². The second kappa shape index (κ2) is 6.45. The molecule has 0 aromatic heterocycles. The molecule has 0 saturated heterocycles. The zero-order valence-electron chi connectivity index (χ0n) is 6.39. The highest BCUT2D eigenvalue weighted by molar-refractivity contribution is 14.1. The smallest absolute Gasteiger partial charge is 0.306 e. The van der Waals surface area contributed by atoms with Gasteiger partial charge in [0, 0.05) is 8.86 Å². The number of hydrogen-bond donors (Lipinski definition) is 1. The maximum atomic E-state index is 10.7. The lowest BCUT2D eigenvalue weighted by molar-refractivity contribution is -0.143. The Bertz CT molecular complexity index is 124. The van der Waals surface area contributed by atoms with Crippen molar-refractivity contribution in [1.82, 2.24) is 0 Å². The molecule has 0 amide bonds. The van der Waals surface area contributed by atoms with Crippen LogP contribution in [0.4, 0.5) is 0 Å². The zero-order chi connectivity index (χ0) is 8.85. The van der Waals surface area contributed by atoms with Crippen molar-refractivity contribution in [3.63, 3.8) is 0 Å². The van der Waals surface area contributed by atoms with Crippen molar-refractivity contribution >= 4 is 51.2 Å². The van der Waals surface area contributed by atoms with Gasteiger partial charge in [-0.3, -0.25) is 4.79 Å². The van der Waals surface area contributed by atoms with Crippen LogP contribution >= 0.6 is 45.2 Å². The summed E-state index contributed by atoms with van der Waals surface area (Å²) < 4.78 is 1.87. The molecule has 2 nitrogen and oxygen atoms in total. The van der Waals surface area contributed by atoms with E-state index in [-0.39, 0.29) is 5.92 Å². The molecule has 0 aromatic carbocycles.